The number of amides is 1. The molecule has 4 aromatic rings. The molecule has 9 heteroatoms. The Kier molecular flexibility index (Phi) is 7.35. The smallest absolute Gasteiger partial charge is 0.338 e. The van der Waals surface area contributed by atoms with Gasteiger partial charge in [0.1, 0.15) is 10.3 Å². The van der Waals surface area contributed by atoms with Crippen molar-refractivity contribution in [2.75, 3.05) is 12.0 Å². The number of hydrogen-bond acceptors (Lipinski definition) is 7. The predicted molar refractivity (Wildman–Crippen MR) is 166 cm³/mol. The zero-order valence-corrected chi connectivity index (χ0v) is 25.4. The Morgan fingerprint density at radius 1 is 0.977 bits per heavy atom. The van der Waals surface area contributed by atoms with Crippen LogP contribution in [-0.2, 0) is 20.9 Å². The second-order valence-corrected chi connectivity index (χ2v) is 11.9. The summed E-state index contributed by atoms with van der Waals surface area (Å²) in [6.45, 7) is 7.69. The fourth-order valence-electron chi connectivity index (χ4n) is 5.54. The minimum atomic E-state index is -0.793. The van der Waals surface area contributed by atoms with Crippen molar-refractivity contribution in [2.24, 2.45) is 4.99 Å². The number of rotatable bonds is 6. The van der Waals surface area contributed by atoms with Crippen LogP contribution in [0.25, 0.3) is 5.57 Å². The summed E-state index contributed by atoms with van der Waals surface area (Å²) in [5, 5.41) is 0. The topological polar surface area (TPSA) is 90.2 Å². The van der Waals surface area contributed by atoms with Crippen LogP contribution in [0.2, 0.25) is 0 Å². The number of methoxy groups -OCH3 is 1. The first-order valence-corrected chi connectivity index (χ1v) is 14.9. The standard InChI is InChI=1S/C34H31N3O5S/c1-19(2)42-33(40)27-21(4)35-34-37(29(27)23-14-16-24(41-5)17-15-23)32(39)30(43-34)28-25-8-6-7-9-26(25)36(31(28)38)18-22-12-10-20(3)11-13-22/h6-17,19,29H,18H2,1-5H3/b30-28-/t29-/m0/s1. The van der Waals surface area contributed by atoms with Crippen molar-refractivity contribution in [3.05, 3.63) is 126 Å². The number of para-hydroxylation sites is 1. The zero-order chi connectivity index (χ0) is 30.4. The van der Waals surface area contributed by atoms with Crippen molar-refractivity contribution in [1.29, 1.82) is 0 Å². The van der Waals surface area contributed by atoms with Crippen LogP contribution in [0.4, 0.5) is 5.69 Å². The van der Waals surface area contributed by atoms with Crippen LogP contribution in [0.3, 0.4) is 0 Å². The third-order valence-corrected chi connectivity index (χ3v) is 8.66. The van der Waals surface area contributed by atoms with Crippen molar-refractivity contribution >= 4 is 34.5 Å². The largest absolute Gasteiger partial charge is 0.497 e. The van der Waals surface area contributed by atoms with E-state index in [0.29, 0.717) is 39.5 Å². The van der Waals surface area contributed by atoms with Crippen molar-refractivity contribution in [2.45, 2.75) is 46.4 Å². The van der Waals surface area contributed by atoms with Crippen LogP contribution in [0.5, 0.6) is 5.75 Å². The van der Waals surface area contributed by atoms with E-state index in [0.717, 1.165) is 28.2 Å². The molecule has 0 N–H and O–H groups in total. The number of esters is 1. The quantitative estimate of drug-likeness (QED) is 0.309. The van der Waals surface area contributed by atoms with Gasteiger partial charge in [-0.05, 0) is 57.0 Å². The number of aromatic nitrogens is 1. The fourth-order valence-corrected chi connectivity index (χ4v) is 6.68. The minimum absolute atomic E-state index is 0.247. The van der Waals surface area contributed by atoms with Crippen LogP contribution in [0, 0.1) is 6.92 Å². The first-order chi connectivity index (χ1) is 20.7. The Morgan fingerprint density at radius 3 is 2.35 bits per heavy atom. The first-order valence-electron chi connectivity index (χ1n) is 14.0. The highest BCUT2D eigenvalue weighted by Crippen LogP contribution is 2.37. The van der Waals surface area contributed by atoms with Gasteiger partial charge in [-0.3, -0.25) is 14.2 Å². The van der Waals surface area contributed by atoms with Gasteiger partial charge in [0.15, 0.2) is 4.80 Å². The van der Waals surface area contributed by atoms with Crippen LogP contribution < -0.4 is 24.5 Å². The lowest BCUT2D eigenvalue weighted by Crippen LogP contribution is -2.41. The van der Waals surface area contributed by atoms with Crippen LogP contribution in [-0.4, -0.2) is 29.7 Å². The van der Waals surface area contributed by atoms with E-state index in [1.165, 1.54) is 4.57 Å². The summed E-state index contributed by atoms with van der Waals surface area (Å²) in [4.78, 5) is 48.7. The number of carbonyl (C=O) groups is 2. The molecule has 43 heavy (non-hydrogen) atoms. The molecule has 1 amide bonds. The maximum Gasteiger partial charge on any atom is 0.338 e. The van der Waals surface area contributed by atoms with Gasteiger partial charge in [0.25, 0.3) is 11.5 Å². The van der Waals surface area contributed by atoms with E-state index in [2.05, 4.69) is 0 Å². The van der Waals surface area contributed by atoms with Gasteiger partial charge in [-0.25, -0.2) is 9.79 Å². The molecule has 0 aliphatic carbocycles. The first kappa shape index (κ1) is 28.4. The Balaban J connectivity index is 1.55. The molecular weight excluding hydrogens is 562 g/mol. The number of thiazole rings is 1. The molecule has 218 valence electrons. The number of benzene rings is 3. The summed E-state index contributed by atoms with van der Waals surface area (Å²) in [6.07, 6.45) is -0.358. The Morgan fingerprint density at radius 2 is 1.67 bits per heavy atom. The van der Waals surface area contributed by atoms with Crippen LogP contribution in [0.15, 0.2) is 93.9 Å². The average molecular weight is 594 g/mol. The molecule has 3 heterocycles. The molecule has 1 aromatic heterocycles. The molecule has 2 aliphatic heterocycles. The zero-order valence-electron chi connectivity index (χ0n) is 24.6. The molecule has 0 saturated heterocycles. The van der Waals surface area contributed by atoms with Gasteiger partial charge in [-0.1, -0.05) is 71.5 Å². The fraction of sp³-hybridized carbons (Fsp3) is 0.235. The second-order valence-electron chi connectivity index (χ2n) is 10.9. The van der Waals surface area contributed by atoms with Gasteiger partial charge in [-0.15, -0.1) is 0 Å². The summed E-state index contributed by atoms with van der Waals surface area (Å²) in [5.41, 5.74) is 4.96. The molecule has 0 spiro atoms. The summed E-state index contributed by atoms with van der Waals surface area (Å²) in [6, 6.07) is 22.0. The van der Waals surface area contributed by atoms with E-state index in [-0.39, 0.29) is 27.7 Å². The number of carbonyl (C=O) groups excluding carboxylic acids is 2. The van der Waals surface area contributed by atoms with Gasteiger partial charge in [0.05, 0.1) is 48.3 Å². The van der Waals surface area contributed by atoms with Crippen LogP contribution >= 0.6 is 11.3 Å². The molecule has 3 aromatic carbocycles. The molecule has 2 aliphatic rings. The third kappa shape index (κ3) is 4.99. The highest BCUT2D eigenvalue weighted by Gasteiger charge is 2.37. The Bertz CT molecular complexity index is 1970. The average Bonchev–Trinajstić information content (AvgIpc) is 3.45. The van der Waals surface area contributed by atoms with E-state index in [1.807, 2.05) is 67.6 Å². The van der Waals surface area contributed by atoms with Gasteiger partial charge >= 0.3 is 5.97 Å². The SMILES string of the molecule is COc1ccc([C@H]2C(C(=O)OC(C)C)=C(C)N=c3s/c(=C4\C(=O)N(Cc5ccc(C)cc5)c5ccccc54)c(=O)n32)cc1. The van der Waals surface area contributed by atoms with E-state index < -0.39 is 12.0 Å². The van der Waals surface area contributed by atoms with Gasteiger partial charge < -0.3 is 14.4 Å². The minimum Gasteiger partial charge on any atom is -0.497 e. The molecule has 6 rings (SSSR count). The number of allylic oxidation sites excluding steroid dienone is 1. The number of fused-ring (bicyclic) bond motifs is 2. The van der Waals surface area contributed by atoms with E-state index in [9.17, 15) is 14.4 Å². The van der Waals surface area contributed by atoms with E-state index >= 15 is 0 Å². The summed E-state index contributed by atoms with van der Waals surface area (Å²) in [5.74, 6) is -0.142. The molecular formula is C34H31N3O5S. The summed E-state index contributed by atoms with van der Waals surface area (Å²) in [7, 11) is 1.58. The number of ether oxygens (including phenoxy) is 2. The molecule has 8 nitrogen and oxygen atoms in total. The lowest BCUT2D eigenvalue weighted by molar-refractivity contribution is -0.143. The molecule has 0 radical (unpaired) electrons. The van der Waals surface area contributed by atoms with Crippen LogP contribution in [0.1, 0.15) is 49.1 Å². The number of nitrogens with zero attached hydrogens (tertiary/aromatic N) is 3. The van der Waals surface area contributed by atoms with Gasteiger partial charge in [0, 0.05) is 5.56 Å². The Labute approximate surface area is 252 Å². The monoisotopic (exact) mass is 593 g/mol. The maximum atomic E-state index is 14.4. The third-order valence-electron chi connectivity index (χ3n) is 7.60. The second kappa shape index (κ2) is 11.1. The number of aryl methyl sites for hydroxylation is 1. The van der Waals surface area contributed by atoms with E-state index in [1.54, 1.807) is 44.9 Å². The highest BCUT2D eigenvalue weighted by molar-refractivity contribution is 7.07. The van der Waals surface area contributed by atoms with Crippen molar-refractivity contribution < 1.29 is 19.1 Å². The maximum absolute atomic E-state index is 14.4. The lowest BCUT2D eigenvalue weighted by Gasteiger charge is -2.25. The normalized spacial score (nSPS) is 17.1. The number of anilines is 1. The molecule has 0 fully saturated rings. The Hall–Kier alpha value is -4.76. The number of hydrogen-bond donors (Lipinski definition) is 0. The summed E-state index contributed by atoms with van der Waals surface area (Å²) >= 11 is 1.16. The molecule has 0 saturated carbocycles. The highest BCUT2D eigenvalue weighted by atomic mass is 32.1. The van der Waals surface area contributed by atoms with Crippen molar-refractivity contribution in [3.63, 3.8) is 0 Å². The summed E-state index contributed by atoms with van der Waals surface area (Å²) < 4.78 is 12.7. The predicted octanol–water partition coefficient (Wildman–Crippen LogP) is 4.42. The molecule has 1 atom stereocenters. The van der Waals surface area contributed by atoms with Crippen molar-refractivity contribution in [1.82, 2.24) is 4.57 Å². The lowest BCUT2D eigenvalue weighted by atomic mass is 9.95. The van der Waals surface area contributed by atoms with E-state index in [4.69, 9.17) is 14.5 Å². The van der Waals surface area contributed by atoms with Gasteiger partial charge in [-0.2, -0.15) is 0 Å². The van der Waals surface area contributed by atoms with Crippen molar-refractivity contribution in [3.8, 4) is 5.75 Å². The van der Waals surface area contributed by atoms with Gasteiger partial charge in [0.2, 0.25) is 0 Å². The molecule has 0 unspecified atom stereocenters. The molecule has 0 bridgehead atoms.